The third kappa shape index (κ3) is 4.06. The number of hydrogen-bond donors (Lipinski definition) is 1. The molecule has 1 fully saturated rings. The summed E-state index contributed by atoms with van der Waals surface area (Å²) < 4.78 is 5.57. The van der Waals surface area contributed by atoms with Gasteiger partial charge >= 0.3 is 6.09 Å². The summed E-state index contributed by atoms with van der Waals surface area (Å²) >= 11 is 0. The van der Waals surface area contributed by atoms with Crippen LogP contribution >= 0.6 is 0 Å². The van der Waals surface area contributed by atoms with E-state index in [9.17, 15) is 4.79 Å². The molecule has 128 valence electrons. The topological polar surface area (TPSA) is 41.6 Å². The van der Waals surface area contributed by atoms with Gasteiger partial charge in [-0.05, 0) is 43.5 Å². The highest BCUT2D eigenvalue weighted by atomic mass is 16.6. The number of rotatable bonds is 2. The van der Waals surface area contributed by atoms with E-state index < -0.39 is 5.60 Å². The number of nitrogens with zero attached hydrogens (tertiary/aromatic N) is 1. The summed E-state index contributed by atoms with van der Waals surface area (Å²) in [4.78, 5) is 14.4. The highest BCUT2D eigenvalue weighted by molar-refractivity contribution is 5.83. The molecule has 2 aromatic carbocycles. The Bertz CT molecular complexity index is 721. The van der Waals surface area contributed by atoms with Gasteiger partial charge < -0.3 is 15.0 Å². The molecule has 3 rings (SSSR count). The normalized spacial score (nSPS) is 18.6. The highest BCUT2D eigenvalue weighted by Gasteiger charge is 2.30. The number of amides is 1. The maximum absolute atomic E-state index is 12.5. The molecule has 0 spiro atoms. The molecule has 1 aliphatic rings. The molecule has 1 aliphatic heterocycles. The van der Waals surface area contributed by atoms with E-state index in [1.54, 1.807) is 0 Å². The second-order valence-electron chi connectivity index (χ2n) is 7.42. The molecule has 1 saturated heterocycles. The maximum Gasteiger partial charge on any atom is 0.410 e. The van der Waals surface area contributed by atoms with Crippen LogP contribution in [0.15, 0.2) is 42.5 Å². The molecule has 0 radical (unpaired) electrons. The lowest BCUT2D eigenvalue weighted by molar-refractivity contribution is 0.0122. The molecule has 4 nitrogen and oxygen atoms in total. The van der Waals surface area contributed by atoms with Crippen molar-refractivity contribution >= 4 is 16.9 Å². The second kappa shape index (κ2) is 6.81. The van der Waals surface area contributed by atoms with E-state index in [0.29, 0.717) is 6.54 Å². The quantitative estimate of drug-likeness (QED) is 0.917. The first-order valence-electron chi connectivity index (χ1n) is 8.60. The molecule has 4 heteroatoms. The van der Waals surface area contributed by atoms with E-state index in [0.717, 1.165) is 19.5 Å². The Balaban J connectivity index is 1.76. The van der Waals surface area contributed by atoms with E-state index in [2.05, 4.69) is 47.8 Å². The fourth-order valence-electron chi connectivity index (χ4n) is 3.14. The van der Waals surface area contributed by atoms with Crippen LogP contribution in [-0.2, 0) is 11.2 Å². The lowest BCUT2D eigenvalue weighted by Crippen LogP contribution is -2.55. The number of ether oxygens (including phenoxy) is 1. The molecule has 1 N–H and O–H groups in total. The molecular formula is C20H26N2O2. The first kappa shape index (κ1) is 16.8. The Morgan fingerprint density at radius 1 is 1.21 bits per heavy atom. The van der Waals surface area contributed by atoms with Crippen LogP contribution in [0.2, 0.25) is 0 Å². The number of benzene rings is 2. The van der Waals surface area contributed by atoms with Gasteiger partial charge in [0.1, 0.15) is 5.60 Å². The van der Waals surface area contributed by atoms with E-state index in [1.165, 1.54) is 16.3 Å². The highest BCUT2D eigenvalue weighted by Crippen LogP contribution is 2.20. The van der Waals surface area contributed by atoms with Crippen LogP contribution in [-0.4, -0.2) is 42.3 Å². The smallest absolute Gasteiger partial charge is 0.410 e. The van der Waals surface area contributed by atoms with Crippen molar-refractivity contribution in [3.05, 3.63) is 48.0 Å². The second-order valence-corrected chi connectivity index (χ2v) is 7.42. The molecule has 1 atom stereocenters. The Hall–Kier alpha value is -2.07. The third-order valence-corrected chi connectivity index (χ3v) is 4.26. The lowest BCUT2D eigenvalue weighted by atomic mass is 10.00. The van der Waals surface area contributed by atoms with Crippen molar-refractivity contribution in [2.24, 2.45) is 0 Å². The predicted molar refractivity (Wildman–Crippen MR) is 97.2 cm³/mol. The molecule has 0 aromatic heterocycles. The van der Waals surface area contributed by atoms with Gasteiger partial charge in [0.05, 0.1) is 6.04 Å². The number of carbonyl (C=O) groups is 1. The molecule has 0 aliphatic carbocycles. The number of nitrogens with one attached hydrogen (secondary N) is 1. The summed E-state index contributed by atoms with van der Waals surface area (Å²) in [5.74, 6) is 0. The van der Waals surface area contributed by atoms with Crippen molar-refractivity contribution in [3.63, 3.8) is 0 Å². The molecule has 1 amide bonds. The SMILES string of the molecule is CC(C)(C)OC(=O)N1CCNC[C@@H]1Cc1ccc2ccccc2c1. The summed E-state index contributed by atoms with van der Waals surface area (Å²) in [6.45, 7) is 8.02. The van der Waals surface area contributed by atoms with Crippen LogP contribution < -0.4 is 5.32 Å². The minimum absolute atomic E-state index is 0.120. The predicted octanol–water partition coefficient (Wildman–Crippen LogP) is 3.59. The lowest BCUT2D eigenvalue weighted by Gasteiger charge is -2.37. The van der Waals surface area contributed by atoms with E-state index >= 15 is 0 Å². The van der Waals surface area contributed by atoms with Gasteiger partial charge in [-0.2, -0.15) is 0 Å². The number of carbonyl (C=O) groups excluding carboxylic acids is 1. The molecule has 0 unspecified atom stereocenters. The fourth-order valence-corrected chi connectivity index (χ4v) is 3.14. The summed E-state index contributed by atoms with van der Waals surface area (Å²) in [6.07, 6.45) is 0.617. The molecule has 24 heavy (non-hydrogen) atoms. The molecule has 0 saturated carbocycles. The Morgan fingerprint density at radius 2 is 1.96 bits per heavy atom. The zero-order valence-electron chi connectivity index (χ0n) is 14.7. The van der Waals surface area contributed by atoms with Crippen LogP contribution in [0.4, 0.5) is 4.79 Å². The maximum atomic E-state index is 12.5. The first-order valence-corrected chi connectivity index (χ1v) is 8.60. The van der Waals surface area contributed by atoms with Gasteiger partial charge in [-0.1, -0.05) is 42.5 Å². The standard InChI is InChI=1S/C20H26N2O2/c1-20(2,3)24-19(23)22-11-10-21-14-18(22)13-15-8-9-16-6-4-5-7-17(16)12-15/h4-9,12,18,21H,10-11,13-14H2,1-3H3/t18-/m0/s1. The molecule has 2 aromatic rings. The van der Waals surface area contributed by atoms with Gasteiger partial charge in [0, 0.05) is 19.6 Å². The number of hydrogen-bond acceptors (Lipinski definition) is 3. The van der Waals surface area contributed by atoms with Crippen LogP contribution in [0.25, 0.3) is 10.8 Å². The Morgan fingerprint density at radius 3 is 2.71 bits per heavy atom. The van der Waals surface area contributed by atoms with Crippen molar-refractivity contribution < 1.29 is 9.53 Å². The van der Waals surface area contributed by atoms with Crippen molar-refractivity contribution in [3.8, 4) is 0 Å². The van der Waals surface area contributed by atoms with E-state index in [-0.39, 0.29) is 12.1 Å². The van der Waals surface area contributed by atoms with Crippen molar-refractivity contribution in [1.29, 1.82) is 0 Å². The van der Waals surface area contributed by atoms with Gasteiger partial charge in [-0.15, -0.1) is 0 Å². The number of fused-ring (bicyclic) bond motifs is 1. The average molecular weight is 326 g/mol. The van der Waals surface area contributed by atoms with Crippen molar-refractivity contribution in [1.82, 2.24) is 10.2 Å². The zero-order chi connectivity index (χ0) is 17.2. The van der Waals surface area contributed by atoms with Crippen LogP contribution in [0.3, 0.4) is 0 Å². The third-order valence-electron chi connectivity index (χ3n) is 4.26. The summed E-state index contributed by atoms with van der Waals surface area (Å²) in [6, 6.07) is 15.0. The van der Waals surface area contributed by atoms with Gasteiger partial charge in [0.15, 0.2) is 0 Å². The largest absolute Gasteiger partial charge is 0.444 e. The van der Waals surface area contributed by atoms with E-state index in [4.69, 9.17) is 4.74 Å². The van der Waals surface area contributed by atoms with Gasteiger partial charge in [-0.25, -0.2) is 4.79 Å². The minimum atomic E-state index is -0.463. The van der Waals surface area contributed by atoms with E-state index in [1.807, 2.05) is 25.7 Å². The summed E-state index contributed by atoms with van der Waals surface area (Å²) in [7, 11) is 0. The Kier molecular flexibility index (Phi) is 4.76. The van der Waals surface area contributed by atoms with Crippen LogP contribution in [0.5, 0.6) is 0 Å². The average Bonchev–Trinajstić information content (AvgIpc) is 2.53. The number of piperazine rings is 1. The van der Waals surface area contributed by atoms with Gasteiger partial charge in [0.2, 0.25) is 0 Å². The van der Waals surface area contributed by atoms with Crippen LogP contribution in [0.1, 0.15) is 26.3 Å². The van der Waals surface area contributed by atoms with Crippen molar-refractivity contribution in [2.75, 3.05) is 19.6 Å². The molecule has 0 bridgehead atoms. The fraction of sp³-hybridized carbons (Fsp3) is 0.450. The summed E-state index contributed by atoms with van der Waals surface area (Å²) in [5.41, 5.74) is 0.783. The molecular weight excluding hydrogens is 300 g/mol. The Labute approximate surface area is 143 Å². The van der Waals surface area contributed by atoms with Gasteiger partial charge in [-0.3, -0.25) is 0 Å². The summed E-state index contributed by atoms with van der Waals surface area (Å²) in [5, 5.41) is 5.87. The molecule has 1 heterocycles. The van der Waals surface area contributed by atoms with Crippen LogP contribution in [0, 0.1) is 0 Å². The minimum Gasteiger partial charge on any atom is -0.444 e. The van der Waals surface area contributed by atoms with Crippen molar-refractivity contribution in [2.45, 2.75) is 38.8 Å². The monoisotopic (exact) mass is 326 g/mol. The van der Waals surface area contributed by atoms with Gasteiger partial charge in [0.25, 0.3) is 0 Å². The zero-order valence-corrected chi connectivity index (χ0v) is 14.7. The first-order chi connectivity index (χ1) is 11.4.